The molecule has 0 saturated heterocycles. The lowest BCUT2D eigenvalue weighted by atomic mass is 9.74. The average molecular weight is 276 g/mol. The van der Waals surface area contributed by atoms with Crippen LogP contribution in [-0.2, 0) is 9.59 Å². The van der Waals surface area contributed by atoms with E-state index in [1.165, 1.54) is 21.8 Å². The molecule has 2 rings (SSSR count). The van der Waals surface area contributed by atoms with Crippen LogP contribution in [0.3, 0.4) is 0 Å². The van der Waals surface area contributed by atoms with Crippen molar-refractivity contribution in [3.8, 4) is 0 Å². The summed E-state index contributed by atoms with van der Waals surface area (Å²) in [6.07, 6.45) is 0.792. The zero-order valence-electron chi connectivity index (χ0n) is 8.87. The summed E-state index contributed by atoms with van der Waals surface area (Å²) in [5.41, 5.74) is 0.0150. The van der Waals surface area contributed by atoms with Crippen LogP contribution in [0.2, 0.25) is 0 Å². The van der Waals surface area contributed by atoms with E-state index in [1.54, 1.807) is 0 Å². The lowest BCUT2D eigenvalue weighted by Gasteiger charge is -2.28. The summed E-state index contributed by atoms with van der Waals surface area (Å²) in [5, 5.41) is 0.270. The minimum absolute atomic E-state index is 0.111. The van der Waals surface area contributed by atoms with E-state index >= 15 is 0 Å². The van der Waals surface area contributed by atoms with E-state index in [2.05, 4.69) is 4.40 Å². The Kier molecular flexibility index (Phi) is 3.20. The summed E-state index contributed by atoms with van der Waals surface area (Å²) < 4.78 is 3.90. The monoisotopic (exact) mass is 275 g/mol. The number of allylic oxidation sites excluding steroid dienone is 2. The first kappa shape index (κ1) is 12.2. The lowest BCUT2D eigenvalue weighted by Crippen LogP contribution is -2.32. The van der Waals surface area contributed by atoms with Crippen molar-refractivity contribution in [2.45, 2.75) is 26.7 Å². The number of hydrogen-bond acceptors (Lipinski definition) is 5. The minimum Gasteiger partial charge on any atom is -0.294 e. The second-order valence-corrected chi connectivity index (χ2v) is 6.82. The van der Waals surface area contributed by atoms with Crippen LogP contribution in [0.4, 0.5) is 0 Å². The highest BCUT2D eigenvalue weighted by molar-refractivity contribution is 8.78. The summed E-state index contributed by atoms with van der Waals surface area (Å²) in [6.45, 7) is 3.85. The van der Waals surface area contributed by atoms with Gasteiger partial charge < -0.3 is 0 Å². The fourth-order valence-corrected chi connectivity index (χ4v) is 4.20. The molecular weight excluding hydrogens is 266 g/mol. The highest BCUT2D eigenvalue weighted by atomic mass is 35.5. The molecule has 6 heteroatoms. The Hall–Kier alpha value is -0.260. The Balaban J connectivity index is 2.41. The Morgan fingerprint density at radius 1 is 1.25 bits per heavy atom. The van der Waals surface area contributed by atoms with Crippen molar-refractivity contribution in [2.24, 2.45) is 9.81 Å². The van der Waals surface area contributed by atoms with E-state index < -0.39 is 0 Å². The van der Waals surface area contributed by atoms with E-state index in [0.29, 0.717) is 17.7 Å². The van der Waals surface area contributed by atoms with Gasteiger partial charge >= 0.3 is 0 Å². The van der Waals surface area contributed by atoms with Crippen LogP contribution in [0.15, 0.2) is 14.9 Å². The van der Waals surface area contributed by atoms with Crippen LogP contribution in [0.25, 0.3) is 0 Å². The maximum absolute atomic E-state index is 11.9. The Morgan fingerprint density at radius 2 is 1.81 bits per heavy atom. The van der Waals surface area contributed by atoms with E-state index in [-0.39, 0.29) is 27.7 Å². The van der Waals surface area contributed by atoms with Crippen molar-refractivity contribution in [3.05, 3.63) is 10.5 Å². The van der Waals surface area contributed by atoms with Crippen LogP contribution < -0.4 is 0 Å². The summed E-state index contributed by atoms with van der Waals surface area (Å²) in [4.78, 5) is 24.4. The predicted octanol–water partition coefficient (Wildman–Crippen LogP) is 3.15. The molecule has 3 nitrogen and oxygen atoms in total. The van der Waals surface area contributed by atoms with Crippen molar-refractivity contribution in [1.29, 1.82) is 0 Å². The first-order valence-corrected chi connectivity index (χ1v) is 7.27. The van der Waals surface area contributed by atoms with Gasteiger partial charge in [-0.15, -0.1) is 0 Å². The van der Waals surface area contributed by atoms with Gasteiger partial charge in [0.1, 0.15) is 0 Å². The third-order valence-corrected chi connectivity index (χ3v) is 4.82. The van der Waals surface area contributed by atoms with E-state index in [0.717, 1.165) is 0 Å². The Bertz CT molecular complexity index is 418. The molecule has 86 valence electrons. The molecule has 1 aliphatic carbocycles. The van der Waals surface area contributed by atoms with E-state index in [1.807, 2.05) is 13.8 Å². The molecule has 1 aliphatic heterocycles. The normalized spacial score (nSPS) is 25.1. The first-order chi connectivity index (χ1) is 7.41. The maximum Gasteiger partial charge on any atom is 0.168 e. The van der Waals surface area contributed by atoms with Gasteiger partial charge in [-0.05, 0) is 16.2 Å². The van der Waals surface area contributed by atoms with Crippen molar-refractivity contribution in [3.63, 3.8) is 0 Å². The van der Waals surface area contributed by atoms with Crippen LogP contribution in [0.5, 0.6) is 0 Å². The van der Waals surface area contributed by atoms with E-state index in [9.17, 15) is 9.59 Å². The summed E-state index contributed by atoms with van der Waals surface area (Å²) in [7, 11) is 2.48. The zero-order valence-corrected chi connectivity index (χ0v) is 11.3. The van der Waals surface area contributed by atoms with Crippen molar-refractivity contribution in [1.82, 2.24) is 0 Å². The topological polar surface area (TPSA) is 46.5 Å². The second-order valence-electron chi connectivity index (χ2n) is 4.61. The standard InChI is InChI=1S/C10H10ClNO2S2/c1-10(2)3-5(13)7(6(14)4-10)8-9(11)12-16-15-8/h3-4H2,1-2H3. The highest BCUT2D eigenvalue weighted by Gasteiger charge is 2.38. The molecule has 1 fully saturated rings. The number of nitrogens with zero attached hydrogens (tertiary/aromatic N) is 1. The zero-order chi connectivity index (χ0) is 11.9. The molecule has 0 bridgehead atoms. The second kappa shape index (κ2) is 4.20. The van der Waals surface area contributed by atoms with Gasteiger partial charge in [0.05, 0.1) is 21.5 Å². The van der Waals surface area contributed by atoms with Gasteiger partial charge in [0.25, 0.3) is 0 Å². The SMILES string of the molecule is CC1(C)CC(=O)C(=C2SSN=C2Cl)C(=O)C1. The highest BCUT2D eigenvalue weighted by Crippen LogP contribution is 2.45. The molecule has 0 radical (unpaired) electrons. The molecule has 0 N–H and O–H groups in total. The first-order valence-electron chi connectivity index (χ1n) is 4.79. The smallest absolute Gasteiger partial charge is 0.168 e. The van der Waals surface area contributed by atoms with Gasteiger partial charge in [0.15, 0.2) is 16.7 Å². The minimum atomic E-state index is -0.238. The van der Waals surface area contributed by atoms with Gasteiger partial charge in [-0.2, -0.15) is 4.40 Å². The maximum atomic E-state index is 11.9. The van der Waals surface area contributed by atoms with Crippen molar-refractivity contribution in [2.75, 3.05) is 0 Å². The molecule has 0 aromatic heterocycles. The molecular formula is C10H10ClNO2S2. The molecule has 0 aromatic carbocycles. The number of hydrogen-bond donors (Lipinski definition) is 0. The summed E-state index contributed by atoms with van der Waals surface area (Å²) in [5.74, 6) is -0.223. The molecule has 0 aromatic rings. The number of carbonyl (C=O) groups is 2. The largest absolute Gasteiger partial charge is 0.294 e. The molecule has 1 heterocycles. The van der Waals surface area contributed by atoms with Crippen LogP contribution in [0.1, 0.15) is 26.7 Å². The number of ketones is 2. The van der Waals surface area contributed by atoms with Gasteiger partial charge in [-0.3, -0.25) is 9.59 Å². The third kappa shape index (κ3) is 2.21. The van der Waals surface area contributed by atoms with Crippen molar-refractivity contribution >= 4 is 50.1 Å². The Morgan fingerprint density at radius 3 is 2.25 bits per heavy atom. The summed E-state index contributed by atoms with van der Waals surface area (Å²) in [6, 6.07) is 0. The number of Topliss-reactive ketones (excluding diaryl/α,β-unsaturated/α-hetero) is 2. The lowest BCUT2D eigenvalue weighted by molar-refractivity contribution is -0.127. The quantitative estimate of drug-likeness (QED) is 0.295. The van der Waals surface area contributed by atoms with Gasteiger partial charge in [-0.25, -0.2) is 0 Å². The molecule has 0 unspecified atom stereocenters. The van der Waals surface area contributed by atoms with Gasteiger partial charge in [0, 0.05) is 12.8 Å². The average Bonchev–Trinajstić information content (AvgIpc) is 2.48. The fraction of sp³-hybridized carbons (Fsp3) is 0.500. The van der Waals surface area contributed by atoms with E-state index in [4.69, 9.17) is 11.6 Å². The van der Waals surface area contributed by atoms with Gasteiger partial charge in [-0.1, -0.05) is 25.4 Å². The third-order valence-electron chi connectivity index (χ3n) is 2.49. The van der Waals surface area contributed by atoms with Crippen molar-refractivity contribution < 1.29 is 9.59 Å². The summed E-state index contributed by atoms with van der Waals surface area (Å²) >= 11 is 5.86. The van der Waals surface area contributed by atoms with Crippen LogP contribution in [0, 0.1) is 5.41 Å². The number of carbonyl (C=O) groups excluding carboxylic acids is 2. The predicted molar refractivity (Wildman–Crippen MR) is 68.5 cm³/mol. The molecule has 2 aliphatic rings. The van der Waals surface area contributed by atoms with Crippen LogP contribution >= 0.6 is 33.4 Å². The Labute approximate surface area is 107 Å². The molecule has 0 atom stereocenters. The molecule has 0 spiro atoms. The van der Waals surface area contributed by atoms with Gasteiger partial charge in [0.2, 0.25) is 0 Å². The van der Waals surface area contributed by atoms with Crippen LogP contribution in [-0.4, -0.2) is 16.7 Å². The molecule has 1 saturated carbocycles. The molecule has 16 heavy (non-hydrogen) atoms. The fourth-order valence-electron chi connectivity index (χ4n) is 1.83. The number of halogens is 1. The number of rotatable bonds is 0. The molecule has 0 amide bonds.